The van der Waals surface area contributed by atoms with E-state index in [2.05, 4.69) is 15.7 Å². The van der Waals surface area contributed by atoms with Gasteiger partial charge in [0, 0.05) is 24.6 Å². The molecule has 150 valence electrons. The molecule has 0 fully saturated rings. The summed E-state index contributed by atoms with van der Waals surface area (Å²) in [5.41, 5.74) is 3.38. The van der Waals surface area contributed by atoms with Crippen LogP contribution in [0, 0.1) is 12.7 Å². The second-order valence-electron chi connectivity index (χ2n) is 6.71. The number of rotatable bonds is 6. The van der Waals surface area contributed by atoms with E-state index in [1.54, 1.807) is 41.1 Å². The summed E-state index contributed by atoms with van der Waals surface area (Å²) in [7, 11) is 0. The van der Waals surface area contributed by atoms with E-state index < -0.39 is 0 Å². The molecular weight excluding hydrogens is 371 g/mol. The Morgan fingerprint density at radius 1 is 1.07 bits per heavy atom. The lowest BCUT2D eigenvalue weighted by Gasteiger charge is -2.11. The number of halogens is 1. The molecule has 7 heteroatoms. The van der Waals surface area contributed by atoms with Gasteiger partial charge in [-0.2, -0.15) is 5.10 Å². The number of benzene rings is 2. The Balaban J connectivity index is 2.03. The second kappa shape index (κ2) is 8.68. The van der Waals surface area contributed by atoms with Crippen LogP contribution in [0.3, 0.4) is 0 Å². The molecule has 0 atom stereocenters. The molecule has 3 aromatic rings. The summed E-state index contributed by atoms with van der Waals surface area (Å²) in [6.07, 6.45) is 0.864. The van der Waals surface area contributed by atoms with Gasteiger partial charge in [-0.25, -0.2) is 9.07 Å². The largest absolute Gasteiger partial charge is 0.352 e. The highest BCUT2D eigenvalue weighted by molar-refractivity contribution is 5.95. The second-order valence-corrected chi connectivity index (χ2v) is 6.71. The molecular formula is C22H23FN4O2. The maximum atomic E-state index is 13.3. The number of aromatic nitrogens is 2. The van der Waals surface area contributed by atoms with Crippen molar-refractivity contribution in [2.45, 2.75) is 27.2 Å². The van der Waals surface area contributed by atoms with Crippen LogP contribution in [0.2, 0.25) is 0 Å². The van der Waals surface area contributed by atoms with Gasteiger partial charge in [-0.05, 0) is 55.3 Å². The molecule has 29 heavy (non-hydrogen) atoms. The molecule has 0 aliphatic rings. The van der Waals surface area contributed by atoms with E-state index in [1.165, 1.54) is 19.1 Å². The van der Waals surface area contributed by atoms with E-state index in [0.29, 0.717) is 34.9 Å². The quantitative estimate of drug-likeness (QED) is 0.661. The number of hydrogen-bond acceptors (Lipinski definition) is 3. The zero-order chi connectivity index (χ0) is 21.0. The van der Waals surface area contributed by atoms with Gasteiger partial charge in [0.1, 0.15) is 11.6 Å². The number of nitrogens with one attached hydrogen (secondary N) is 2. The van der Waals surface area contributed by atoms with Crippen molar-refractivity contribution in [2.24, 2.45) is 0 Å². The maximum absolute atomic E-state index is 13.3. The summed E-state index contributed by atoms with van der Waals surface area (Å²) >= 11 is 0. The van der Waals surface area contributed by atoms with Crippen molar-refractivity contribution >= 4 is 17.6 Å². The predicted molar refractivity (Wildman–Crippen MR) is 111 cm³/mol. The SMILES string of the molecule is CCCNC(=O)c1ccc(-n2nc(C)c(-c3ccc(F)cc3)c2NC(C)=O)cc1. The molecule has 2 aromatic carbocycles. The van der Waals surface area contributed by atoms with E-state index in [9.17, 15) is 14.0 Å². The Labute approximate surface area is 168 Å². The lowest BCUT2D eigenvalue weighted by Crippen LogP contribution is -2.23. The Morgan fingerprint density at radius 2 is 1.72 bits per heavy atom. The lowest BCUT2D eigenvalue weighted by molar-refractivity contribution is -0.114. The fourth-order valence-corrected chi connectivity index (χ4v) is 3.05. The monoisotopic (exact) mass is 394 g/mol. The first kappa shape index (κ1) is 20.3. The van der Waals surface area contributed by atoms with Gasteiger partial charge in [0.25, 0.3) is 5.91 Å². The first-order chi connectivity index (χ1) is 13.9. The minimum absolute atomic E-state index is 0.135. The molecule has 0 bridgehead atoms. The van der Waals surface area contributed by atoms with Crippen LogP contribution in [0.15, 0.2) is 48.5 Å². The first-order valence-electron chi connectivity index (χ1n) is 9.42. The summed E-state index contributed by atoms with van der Waals surface area (Å²) in [6.45, 7) is 5.85. The number of amides is 2. The Morgan fingerprint density at radius 3 is 2.31 bits per heavy atom. The van der Waals surface area contributed by atoms with Crippen molar-refractivity contribution < 1.29 is 14.0 Å². The number of aryl methyl sites for hydroxylation is 1. The van der Waals surface area contributed by atoms with E-state index in [0.717, 1.165) is 12.0 Å². The molecule has 0 unspecified atom stereocenters. The van der Waals surface area contributed by atoms with Crippen molar-refractivity contribution in [3.05, 3.63) is 65.6 Å². The average molecular weight is 394 g/mol. The van der Waals surface area contributed by atoms with Crippen molar-refractivity contribution in [1.29, 1.82) is 0 Å². The van der Waals surface area contributed by atoms with Crippen LogP contribution in [-0.4, -0.2) is 28.1 Å². The zero-order valence-electron chi connectivity index (χ0n) is 16.6. The van der Waals surface area contributed by atoms with Crippen LogP contribution in [0.4, 0.5) is 10.2 Å². The van der Waals surface area contributed by atoms with Gasteiger partial charge >= 0.3 is 0 Å². The molecule has 0 radical (unpaired) electrons. The van der Waals surface area contributed by atoms with Crippen LogP contribution in [0.5, 0.6) is 0 Å². The van der Waals surface area contributed by atoms with Gasteiger partial charge in [0.15, 0.2) is 0 Å². The van der Waals surface area contributed by atoms with E-state index in [4.69, 9.17) is 0 Å². The first-order valence-corrected chi connectivity index (χ1v) is 9.42. The Hall–Kier alpha value is -3.48. The Kier molecular flexibility index (Phi) is 6.07. The van der Waals surface area contributed by atoms with Gasteiger partial charge in [0.2, 0.25) is 5.91 Å². The smallest absolute Gasteiger partial charge is 0.251 e. The molecule has 1 heterocycles. The molecule has 6 nitrogen and oxygen atoms in total. The number of anilines is 1. The third-order valence-electron chi connectivity index (χ3n) is 4.40. The highest BCUT2D eigenvalue weighted by atomic mass is 19.1. The van der Waals surface area contributed by atoms with Crippen LogP contribution < -0.4 is 10.6 Å². The number of nitrogens with zero attached hydrogens (tertiary/aromatic N) is 2. The minimum Gasteiger partial charge on any atom is -0.352 e. The zero-order valence-corrected chi connectivity index (χ0v) is 16.6. The minimum atomic E-state index is -0.336. The molecule has 0 saturated carbocycles. The molecule has 0 spiro atoms. The van der Waals surface area contributed by atoms with Crippen LogP contribution in [-0.2, 0) is 4.79 Å². The summed E-state index contributed by atoms with van der Waals surface area (Å²) in [6, 6.07) is 13.0. The van der Waals surface area contributed by atoms with Crippen molar-refractivity contribution in [3.63, 3.8) is 0 Å². The van der Waals surface area contributed by atoms with E-state index >= 15 is 0 Å². The van der Waals surface area contributed by atoms with Crippen molar-refractivity contribution in [1.82, 2.24) is 15.1 Å². The van der Waals surface area contributed by atoms with Gasteiger partial charge < -0.3 is 10.6 Å². The van der Waals surface area contributed by atoms with Gasteiger partial charge in [-0.15, -0.1) is 0 Å². The normalized spacial score (nSPS) is 10.6. The van der Waals surface area contributed by atoms with Gasteiger partial charge in [-0.1, -0.05) is 19.1 Å². The molecule has 3 rings (SSSR count). The number of carbonyl (C=O) groups is 2. The van der Waals surface area contributed by atoms with E-state index in [-0.39, 0.29) is 17.6 Å². The van der Waals surface area contributed by atoms with Crippen LogP contribution >= 0.6 is 0 Å². The topological polar surface area (TPSA) is 76.0 Å². The molecule has 0 saturated heterocycles. The van der Waals surface area contributed by atoms with Gasteiger partial charge in [0.05, 0.1) is 11.4 Å². The molecule has 2 N–H and O–H groups in total. The highest BCUT2D eigenvalue weighted by Gasteiger charge is 2.19. The highest BCUT2D eigenvalue weighted by Crippen LogP contribution is 2.33. The number of carbonyl (C=O) groups excluding carboxylic acids is 2. The van der Waals surface area contributed by atoms with Crippen molar-refractivity contribution in [2.75, 3.05) is 11.9 Å². The molecule has 0 aliphatic carbocycles. The Bertz CT molecular complexity index is 1020. The summed E-state index contributed by atoms with van der Waals surface area (Å²) in [5, 5.41) is 10.2. The lowest BCUT2D eigenvalue weighted by atomic mass is 10.1. The third kappa shape index (κ3) is 4.51. The molecule has 2 amide bonds. The average Bonchev–Trinajstić information content (AvgIpc) is 3.02. The summed E-state index contributed by atoms with van der Waals surface area (Å²) < 4.78 is 15.0. The maximum Gasteiger partial charge on any atom is 0.251 e. The summed E-state index contributed by atoms with van der Waals surface area (Å²) in [4.78, 5) is 23.9. The third-order valence-corrected chi connectivity index (χ3v) is 4.40. The standard InChI is InChI=1S/C22H23FN4O2/c1-4-13-24-22(29)17-7-11-19(12-8-17)27-21(25-15(3)28)20(14(2)26-27)16-5-9-18(23)10-6-16/h5-12H,4,13H2,1-3H3,(H,24,29)(H,25,28). The fourth-order valence-electron chi connectivity index (χ4n) is 3.05. The molecule has 1 aromatic heterocycles. The van der Waals surface area contributed by atoms with Crippen LogP contribution in [0.25, 0.3) is 16.8 Å². The predicted octanol–water partition coefficient (Wildman–Crippen LogP) is 4.09. The van der Waals surface area contributed by atoms with E-state index in [1.807, 2.05) is 13.8 Å². The fraction of sp³-hybridized carbons (Fsp3) is 0.227. The number of hydrogen-bond donors (Lipinski definition) is 2. The molecule has 0 aliphatic heterocycles. The summed E-state index contributed by atoms with van der Waals surface area (Å²) in [5.74, 6) is -0.226. The van der Waals surface area contributed by atoms with Gasteiger partial charge in [-0.3, -0.25) is 9.59 Å². The van der Waals surface area contributed by atoms with Crippen LogP contribution in [0.1, 0.15) is 36.3 Å². The van der Waals surface area contributed by atoms with Crippen molar-refractivity contribution in [3.8, 4) is 16.8 Å².